The van der Waals surface area contributed by atoms with Gasteiger partial charge < -0.3 is 4.74 Å². The quantitative estimate of drug-likeness (QED) is 0.486. The van der Waals surface area contributed by atoms with Gasteiger partial charge >= 0.3 is 6.18 Å². The summed E-state index contributed by atoms with van der Waals surface area (Å²) in [5, 5.41) is 0. The molecule has 0 saturated carbocycles. The minimum atomic E-state index is -4.40. The van der Waals surface area contributed by atoms with Crippen molar-refractivity contribution in [2.24, 2.45) is 0 Å². The Morgan fingerprint density at radius 3 is 2.14 bits per heavy atom. The van der Waals surface area contributed by atoms with E-state index in [1.54, 1.807) is 12.1 Å². The van der Waals surface area contributed by atoms with E-state index in [2.05, 4.69) is 16.6 Å². The number of halogens is 3. The van der Waals surface area contributed by atoms with Gasteiger partial charge in [0, 0.05) is 0 Å². The van der Waals surface area contributed by atoms with Gasteiger partial charge in [-0.3, -0.25) is 14.5 Å². The highest BCUT2D eigenvalue weighted by atomic mass is 19.4. The molecule has 21 heavy (non-hydrogen) atoms. The predicted octanol–water partition coefficient (Wildman–Crippen LogP) is 1.86. The van der Waals surface area contributed by atoms with Crippen LogP contribution in [0.15, 0.2) is 24.3 Å². The fourth-order valence-electron chi connectivity index (χ4n) is 1.79. The number of nitrogens with zero attached hydrogens (tertiary/aromatic N) is 1. The molecule has 0 N–H and O–H groups in total. The van der Waals surface area contributed by atoms with Crippen molar-refractivity contribution in [3.8, 4) is 11.8 Å². The molecule has 0 aromatic heterocycles. The molecule has 0 bridgehead atoms. The molecule has 110 valence electrons. The van der Waals surface area contributed by atoms with E-state index >= 15 is 0 Å². The average Bonchev–Trinajstić information content (AvgIpc) is 2.66. The number of benzene rings is 1. The Balaban J connectivity index is 1.89. The highest BCUT2D eigenvalue weighted by Gasteiger charge is 2.34. The first-order chi connectivity index (χ1) is 9.90. The summed E-state index contributed by atoms with van der Waals surface area (Å²) in [6.07, 6.45) is -4.40. The van der Waals surface area contributed by atoms with Crippen molar-refractivity contribution in [2.75, 3.05) is 19.8 Å². The molecular formula is C14H10F3NO3. The van der Waals surface area contributed by atoms with Crippen LogP contribution in [0.25, 0.3) is 0 Å². The number of hydrogen-bond donors (Lipinski definition) is 0. The number of fused-ring (bicyclic) bond motifs is 1. The lowest BCUT2D eigenvalue weighted by Crippen LogP contribution is -2.30. The maximum absolute atomic E-state index is 11.9. The molecule has 1 aromatic carbocycles. The molecule has 7 heteroatoms. The van der Waals surface area contributed by atoms with Crippen molar-refractivity contribution in [1.82, 2.24) is 4.90 Å². The van der Waals surface area contributed by atoms with Crippen molar-refractivity contribution in [3.63, 3.8) is 0 Å². The summed E-state index contributed by atoms with van der Waals surface area (Å²) in [7, 11) is 0. The van der Waals surface area contributed by atoms with Gasteiger partial charge in [-0.1, -0.05) is 24.0 Å². The summed E-state index contributed by atoms with van der Waals surface area (Å²) in [5.41, 5.74) is 0.607. The van der Waals surface area contributed by atoms with Crippen LogP contribution in [-0.4, -0.2) is 42.6 Å². The lowest BCUT2D eigenvalue weighted by atomic mass is 10.1. The van der Waals surface area contributed by atoms with Gasteiger partial charge in [0.2, 0.25) is 0 Å². The highest BCUT2D eigenvalue weighted by Crippen LogP contribution is 2.21. The summed E-state index contributed by atoms with van der Waals surface area (Å²) in [4.78, 5) is 24.8. The molecule has 1 aliphatic heterocycles. The van der Waals surface area contributed by atoms with Gasteiger partial charge in [-0.2, -0.15) is 13.2 Å². The molecular weight excluding hydrogens is 287 g/mol. The number of imide groups is 1. The number of carbonyl (C=O) groups excluding carboxylic acids is 2. The van der Waals surface area contributed by atoms with E-state index in [1.807, 2.05) is 0 Å². The Hall–Kier alpha value is -2.33. The smallest absolute Gasteiger partial charge is 0.359 e. The zero-order valence-electron chi connectivity index (χ0n) is 10.7. The number of rotatable bonds is 3. The van der Waals surface area contributed by atoms with Crippen LogP contribution in [0.4, 0.5) is 13.2 Å². The third kappa shape index (κ3) is 3.61. The summed E-state index contributed by atoms with van der Waals surface area (Å²) >= 11 is 0. The predicted molar refractivity (Wildman–Crippen MR) is 66.5 cm³/mol. The van der Waals surface area contributed by atoms with Crippen molar-refractivity contribution < 1.29 is 27.5 Å². The average molecular weight is 297 g/mol. The Labute approximate surface area is 118 Å². The fourth-order valence-corrected chi connectivity index (χ4v) is 1.79. The largest absolute Gasteiger partial charge is 0.411 e. The van der Waals surface area contributed by atoms with Crippen LogP contribution in [0.2, 0.25) is 0 Å². The van der Waals surface area contributed by atoms with E-state index in [1.165, 1.54) is 12.1 Å². The van der Waals surface area contributed by atoms with Gasteiger partial charge in [0.25, 0.3) is 11.8 Å². The van der Waals surface area contributed by atoms with E-state index < -0.39 is 31.2 Å². The lowest BCUT2D eigenvalue weighted by Gasteiger charge is -2.08. The van der Waals surface area contributed by atoms with Gasteiger partial charge in [0.15, 0.2) is 0 Å². The Bertz CT molecular complexity index is 593. The van der Waals surface area contributed by atoms with Crippen molar-refractivity contribution >= 4 is 11.8 Å². The van der Waals surface area contributed by atoms with Gasteiger partial charge in [0.1, 0.15) is 13.2 Å². The second-order valence-corrected chi connectivity index (χ2v) is 4.20. The lowest BCUT2D eigenvalue weighted by molar-refractivity contribution is -0.170. The van der Waals surface area contributed by atoms with E-state index in [9.17, 15) is 22.8 Å². The normalized spacial score (nSPS) is 14.0. The molecule has 0 atom stereocenters. The first kappa shape index (κ1) is 15.1. The van der Waals surface area contributed by atoms with Crippen molar-refractivity contribution in [3.05, 3.63) is 35.4 Å². The number of amides is 2. The molecule has 1 heterocycles. The van der Waals surface area contributed by atoms with Gasteiger partial charge in [-0.05, 0) is 12.1 Å². The minimum absolute atomic E-state index is 0.179. The molecule has 0 unspecified atom stereocenters. The van der Waals surface area contributed by atoms with Gasteiger partial charge in [-0.25, -0.2) is 0 Å². The van der Waals surface area contributed by atoms with E-state index in [0.717, 1.165) is 4.90 Å². The van der Waals surface area contributed by atoms with Crippen LogP contribution in [0.3, 0.4) is 0 Å². The maximum atomic E-state index is 11.9. The molecule has 0 aliphatic carbocycles. The molecule has 2 amide bonds. The minimum Gasteiger partial charge on any atom is -0.359 e. The highest BCUT2D eigenvalue weighted by molar-refractivity contribution is 6.21. The van der Waals surface area contributed by atoms with E-state index in [0.29, 0.717) is 11.1 Å². The molecule has 0 radical (unpaired) electrons. The maximum Gasteiger partial charge on any atom is 0.411 e. The van der Waals surface area contributed by atoms with E-state index in [4.69, 9.17) is 0 Å². The third-order valence-corrected chi connectivity index (χ3v) is 2.68. The molecule has 0 spiro atoms. The van der Waals surface area contributed by atoms with Crippen molar-refractivity contribution in [1.29, 1.82) is 0 Å². The molecule has 1 aliphatic rings. The molecule has 4 nitrogen and oxygen atoms in total. The Morgan fingerprint density at radius 2 is 1.62 bits per heavy atom. The third-order valence-electron chi connectivity index (χ3n) is 2.68. The second-order valence-electron chi connectivity index (χ2n) is 4.20. The summed E-state index contributed by atoms with van der Waals surface area (Å²) in [6, 6.07) is 6.36. The van der Waals surface area contributed by atoms with Crippen molar-refractivity contribution in [2.45, 2.75) is 6.18 Å². The van der Waals surface area contributed by atoms with Gasteiger partial charge in [0.05, 0.1) is 17.7 Å². The number of alkyl halides is 3. The van der Waals surface area contributed by atoms with Crippen LogP contribution >= 0.6 is 0 Å². The standard InChI is InChI=1S/C14H10F3NO3/c15-14(16,17)9-21-8-4-3-7-18-12(19)10-5-1-2-6-11(10)13(18)20/h1-2,5-6H,7-9H2. The molecule has 0 fully saturated rings. The van der Waals surface area contributed by atoms with Crippen LogP contribution in [-0.2, 0) is 4.74 Å². The molecule has 0 saturated heterocycles. The zero-order valence-corrected chi connectivity index (χ0v) is 10.7. The monoisotopic (exact) mass is 297 g/mol. The number of carbonyl (C=O) groups is 2. The summed E-state index contributed by atoms with van der Waals surface area (Å²) < 4.78 is 39.7. The van der Waals surface area contributed by atoms with Crippen LogP contribution in [0.1, 0.15) is 20.7 Å². The first-order valence-electron chi connectivity index (χ1n) is 5.95. The molecule has 2 rings (SSSR count). The number of ether oxygens (including phenoxy) is 1. The van der Waals surface area contributed by atoms with Crippen LogP contribution in [0.5, 0.6) is 0 Å². The summed E-state index contributed by atoms with van der Waals surface area (Å²) in [6.45, 7) is -1.97. The fraction of sp³-hybridized carbons (Fsp3) is 0.286. The first-order valence-corrected chi connectivity index (χ1v) is 5.95. The Kier molecular flexibility index (Phi) is 4.29. The van der Waals surface area contributed by atoms with Crippen LogP contribution in [0, 0.1) is 11.8 Å². The van der Waals surface area contributed by atoms with Crippen LogP contribution < -0.4 is 0 Å². The number of hydrogen-bond acceptors (Lipinski definition) is 3. The summed E-state index contributed by atoms with van der Waals surface area (Å²) in [5.74, 6) is 3.87. The Morgan fingerprint density at radius 1 is 1.05 bits per heavy atom. The molecule has 1 aromatic rings. The van der Waals surface area contributed by atoms with E-state index in [-0.39, 0.29) is 6.54 Å². The SMILES string of the molecule is O=C1c2ccccc2C(=O)N1CC#CCOCC(F)(F)F. The second kappa shape index (κ2) is 5.97. The zero-order chi connectivity index (χ0) is 15.5. The van der Waals surface area contributed by atoms with Gasteiger partial charge in [-0.15, -0.1) is 0 Å². The topological polar surface area (TPSA) is 46.6 Å².